The van der Waals surface area contributed by atoms with Gasteiger partial charge in [-0.15, -0.1) is 0 Å². The van der Waals surface area contributed by atoms with Gasteiger partial charge in [-0.05, 0) is 63.0 Å². The van der Waals surface area contributed by atoms with E-state index < -0.39 is 0 Å². The van der Waals surface area contributed by atoms with E-state index >= 15 is 0 Å². The fourth-order valence-corrected chi connectivity index (χ4v) is 4.10. The monoisotopic (exact) mass is 300 g/mol. The van der Waals surface area contributed by atoms with Gasteiger partial charge in [-0.3, -0.25) is 4.79 Å². The summed E-state index contributed by atoms with van der Waals surface area (Å²) < 4.78 is 0. The zero-order valence-electron chi connectivity index (χ0n) is 13.7. The molecular formula is C19H28N2O. The largest absolute Gasteiger partial charge is 0.372 e. The molecule has 0 bridgehead atoms. The van der Waals surface area contributed by atoms with Crippen molar-refractivity contribution in [2.75, 3.05) is 26.2 Å². The second-order valence-electron chi connectivity index (χ2n) is 7.02. The maximum atomic E-state index is 10.8. The van der Waals surface area contributed by atoms with Crippen LogP contribution in [0.3, 0.4) is 0 Å². The zero-order valence-corrected chi connectivity index (χ0v) is 13.7. The van der Waals surface area contributed by atoms with Crippen molar-refractivity contribution in [2.24, 2.45) is 11.8 Å². The molecule has 0 saturated carbocycles. The number of rotatable bonds is 3. The van der Waals surface area contributed by atoms with Crippen LogP contribution in [0.4, 0.5) is 0 Å². The van der Waals surface area contributed by atoms with Crippen LogP contribution in [0.25, 0.3) is 0 Å². The second kappa shape index (κ2) is 7.17. The summed E-state index contributed by atoms with van der Waals surface area (Å²) >= 11 is 0. The SMILES string of the molecule is CC1=CC(N2CCC(C3CCN(C=O)CC3)CC2)=CC=CC1. The maximum Gasteiger partial charge on any atom is 0.209 e. The van der Waals surface area contributed by atoms with Crippen molar-refractivity contribution >= 4 is 6.41 Å². The predicted molar refractivity (Wildman–Crippen MR) is 90.3 cm³/mol. The highest BCUT2D eigenvalue weighted by Crippen LogP contribution is 2.33. The van der Waals surface area contributed by atoms with Gasteiger partial charge in [-0.2, -0.15) is 0 Å². The lowest BCUT2D eigenvalue weighted by Crippen LogP contribution is -2.40. The molecule has 2 heterocycles. The summed E-state index contributed by atoms with van der Waals surface area (Å²) in [6, 6.07) is 0. The molecule has 1 amide bonds. The molecule has 0 radical (unpaired) electrons. The van der Waals surface area contributed by atoms with Crippen LogP contribution in [0.1, 0.15) is 39.0 Å². The molecule has 0 aromatic carbocycles. The first-order valence-electron chi connectivity index (χ1n) is 8.74. The molecule has 0 unspecified atom stereocenters. The molecule has 0 aromatic heterocycles. The van der Waals surface area contributed by atoms with Crippen LogP contribution in [-0.2, 0) is 4.79 Å². The zero-order chi connectivity index (χ0) is 15.4. The molecule has 22 heavy (non-hydrogen) atoms. The van der Waals surface area contributed by atoms with Gasteiger partial charge in [-0.1, -0.05) is 17.7 Å². The van der Waals surface area contributed by atoms with E-state index in [1.807, 2.05) is 4.90 Å². The third-order valence-electron chi connectivity index (χ3n) is 5.53. The highest BCUT2D eigenvalue weighted by molar-refractivity contribution is 5.47. The van der Waals surface area contributed by atoms with Crippen molar-refractivity contribution in [1.29, 1.82) is 0 Å². The molecular weight excluding hydrogens is 272 g/mol. The smallest absolute Gasteiger partial charge is 0.209 e. The number of piperidine rings is 2. The minimum Gasteiger partial charge on any atom is -0.372 e. The molecule has 2 aliphatic heterocycles. The maximum absolute atomic E-state index is 10.8. The summed E-state index contributed by atoms with van der Waals surface area (Å²) in [6.07, 6.45) is 16.2. The Bertz CT molecular complexity index is 476. The van der Waals surface area contributed by atoms with Crippen LogP contribution in [0.5, 0.6) is 0 Å². The molecule has 0 spiro atoms. The third kappa shape index (κ3) is 3.63. The Morgan fingerprint density at radius 1 is 1.05 bits per heavy atom. The van der Waals surface area contributed by atoms with Crippen LogP contribution in [0, 0.1) is 11.8 Å². The lowest BCUT2D eigenvalue weighted by Gasteiger charge is -2.40. The van der Waals surface area contributed by atoms with Crippen LogP contribution in [0.15, 0.2) is 35.6 Å². The van der Waals surface area contributed by atoms with E-state index in [1.165, 1.54) is 50.0 Å². The summed E-state index contributed by atoms with van der Waals surface area (Å²) in [5, 5.41) is 0. The number of hydrogen-bond donors (Lipinski definition) is 0. The summed E-state index contributed by atoms with van der Waals surface area (Å²) in [4.78, 5) is 15.3. The van der Waals surface area contributed by atoms with Gasteiger partial charge in [0.2, 0.25) is 6.41 Å². The van der Waals surface area contributed by atoms with Gasteiger partial charge in [-0.25, -0.2) is 0 Å². The molecule has 0 N–H and O–H groups in total. The van der Waals surface area contributed by atoms with Crippen molar-refractivity contribution in [3.05, 3.63) is 35.6 Å². The van der Waals surface area contributed by atoms with E-state index in [0.717, 1.165) is 37.8 Å². The van der Waals surface area contributed by atoms with Crippen molar-refractivity contribution in [1.82, 2.24) is 9.80 Å². The first-order valence-corrected chi connectivity index (χ1v) is 8.74. The first kappa shape index (κ1) is 15.4. The summed E-state index contributed by atoms with van der Waals surface area (Å²) in [7, 11) is 0. The van der Waals surface area contributed by atoms with E-state index in [4.69, 9.17) is 0 Å². The number of carbonyl (C=O) groups is 1. The highest BCUT2D eigenvalue weighted by Gasteiger charge is 2.29. The van der Waals surface area contributed by atoms with Crippen molar-refractivity contribution < 1.29 is 4.79 Å². The van der Waals surface area contributed by atoms with E-state index in [9.17, 15) is 4.79 Å². The Morgan fingerprint density at radius 3 is 2.32 bits per heavy atom. The molecule has 1 aliphatic carbocycles. The van der Waals surface area contributed by atoms with Gasteiger partial charge in [0.15, 0.2) is 0 Å². The fraction of sp³-hybridized carbons (Fsp3) is 0.632. The van der Waals surface area contributed by atoms with E-state index in [2.05, 4.69) is 36.1 Å². The van der Waals surface area contributed by atoms with Gasteiger partial charge >= 0.3 is 0 Å². The summed E-state index contributed by atoms with van der Waals surface area (Å²) in [5.41, 5.74) is 2.84. The average Bonchev–Trinajstić information content (AvgIpc) is 2.80. The molecule has 3 heteroatoms. The number of allylic oxidation sites excluding steroid dienone is 5. The fourth-order valence-electron chi connectivity index (χ4n) is 4.10. The third-order valence-corrected chi connectivity index (χ3v) is 5.53. The van der Waals surface area contributed by atoms with Gasteiger partial charge < -0.3 is 9.80 Å². The number of likely N-dealkylation sites (tertiary alicyclic amines) is 2. The van der Waals surface area contributed by atoms with Gasteiger partial charge in [0.25, 0.3) is 0 Å². The summed E-state index contributed by atoms with van der Waals surface area (Å²) in [5.74, 6) is 1.69. The first-order chi connectivity index (χ1) is 10.8. The highest BCUT2D eigenvalue weighted by atomic mass is 16.1. The van der Waals surface area contributed by atoms with Gasteiger partial charge in [0.05, 0.1) is 0 Å². The Balaban J connectivity index is 1.52. The minimum atomic E-state index is 0.832. The van der Waals surface area contributed by atoms with Crippen molar-refractivity contribution in [3.8, 4) is 0 Å². The second-order valence-corrected chi connectivity index (χ2v) is 7.02. The van der Waals surface area contributed by atoms with Crippen LogP contribution in [0.2, 0.25) is 0 Å². The van der Waals surface area contributed by atoms with Crippen LogP contribution in [-0.4, -0.2) is 42.4 Å². The van der Waals surface area contributed by atoms with Gasteiger partial charge in [0, 0.05) is 31.9 Å². The molecule has 2 saturated heterocycles. The van der Waals surface area contributed by atoms with Crippen LogP contribution >= 0.6 is 0 Å². The Labute approximate surface area is 134 Å². The van der Waals surface area contributed by atoms with Crippen molar-refractivity contribution in [3.63, 3.8) is 0 Å². The lowest BCUT2D eigenvalue weighted by atomic mass is 9.79. The van der Waals surface area contributed by atoms with E-state index in [-0.39, 0.29) is 0 Å². The lowest BCUT2D eigenvalue weighted by molar-refractivity contribution is -0.119. The molecule has 0 aromatic rings. The number of amides is 1. The molecule has 3 rings (SSSR count). The predicted octanol–water partition coefficient (Wildman–Crippen LogP) is 3.36. The molecule has 3 nitrogen and oxygen atoms in total. The van der Waals surface area contributed by atoms with Gasteiger partial charge in [0.1, 0.15) is 0 Å². The molecule has 2 fully saturated rings. The quantitative estimate of drug-likeness (QED) is 0.746. The normalized spacial score (nSPS) is 24.8. The molecule has 120 valence electrons. The molecule has 0 atom stereocenters. The van der Waals surface area contributed by atoms with E-state index in [1.54, 1.807) is 0 Å². The Morgan fingerprint density at radius 2 is 1.68 bits per heavy atom. The summed E-state index contributed by atoms with van der Waals surface area (Å²) in [6.45, 7) is 6.51. The topological polar surface area (TPSA) is 23.6 Å². The number of nitrogens with zero attached hydrogens (tertiary/aromatic N) is 2. The van der Waals surface area contributed by atoms with Crippen molar-refractivity contribution in [2.45, 2.75) is 39.0 Å². The molecule has 3 aliphatic rings. The minimum absolute atomic E-state index is 0.832. The van der Waals surface area contributed by atoms with E-state index in [0.29, 0.717) is 0 Å². The number of carbonyl (C=O) groups excluding carboxylic acids is 1. The number of hydrogen-bond acceptors (Lipinski definition) is 2. The average molecular weight is 300 g/mol. The standard InChI is InChI=1S/C19H28N2O/c1-16-4-2-3-5-19(14-16)21-12-8-18(9-13-21)17-6-10-20(15-22)11-7-17/h2-3,5,14-15,17-18H,4,6-13H2,1H3. The Hall–Kier alpha value is -1.51. The Kier molecular flexibility index (Phi) is 5.01. The van der Waals surface area contributed by atoms with Crippen LogP contribution < -0.4 is 0 Å².